The molecule has 2 heterocycles. The Balaban J connectivity index is 1.60. The lowest BCUT2D eigenvalue weighted by Gasteiger charge is -2.26. The minimum atomic E-state index is -0.312. The molecular weight excluding hydrogens is 468 g/mol. The summed E-state index contributed by atoms with van der Waals surface area (Å²) in [6.45, 7) is 7.36. The summed E-state index contributed by atoms with van der Waals surface area (Å²) in [5.41, 5.74) is 2.21. The highest BCUT2D eigenvalue weighted by Gasteiger charge is 2.19. The minimum Gasteiger partial charge on any atom is -0.301 e. The van der Waals surface area contributed by atoms with Crippen molar-refractivity contribution >= 4 is 29.1 Å². The molecule has 4 rings (SSSR count). The monoisotopic (exact) mass is 498 g/mol. The molecule has 0 atom stereocenters. The largest absolute Gasteiger partial charge is 0.355 e. The quantitative estimate of drug-likeness (QED) is 0.437. The predicted molar refractivity (Wildman–Crippen MR) is 140 cm³/mol. The van der Waals surface area contributed by atoms with Gasteiger partial charge >= 0.3 is 5.69 Å². The highest BCUT2D eigenvalue weighted by atomic mass is 35.5. The van der Waals surface area contributed by atoms with Crippen LogP contribution in [0.15, 0.2) is 53.3 Å². The first-order valence-corrected chi connectivity index (χ1v) is 13.3. The Hall–Kier alpha value is -2.35. The van der Waals surface area contributed by atoms with Gasteiger partial charge in [0.25, 0.3) is 0 Å². The first-order chi connectivity index (χ1) is 16.4. The minimum absolute atomic E-state index is 0.0573. The van der Waals surface area contributed by atoms with Crippen molar-refractivity contribution in [3.8, 4) is 11.4 Å². The Kier molecular flexibility index (Phi) is 8.29. The molecular formula is C26H31ClN4O2S. The summed E-state index contributed by atoms with van der Waals surface area (Å²) in [6.07, 6.45) is 1.52. The van der Waals surface area contributed by atoms with Gasteiger partial charge in [0.2, 0.25) is 0 Å². The van der Waals surface area contributed by atoms with Crippen LogP contribution >= 0.6 is 23.4 Å². The molecule has 0 amide bonds. The average Bonchev–Trinajstić information content (AvgIpc) is 3.13. The zero-order valence-corrected chi connectivity index (χ0v) is 21.3. The van der Waals surface area contributed by atoms with Crippen LogP contribution in [0.1, 0.15) is 31.7 Å². The number of benzene rings is 2. The molecule has 1 aliphatic heterocycles. The molecule has 1 fully saturated rings. The number of carbonyl (C=O) groups excluding carboxylic acids is 1. The molecule has 0 spiro atoms. The van der Waals surface area contributed by atoms with Gasteiger partial charge in [-0.2, -0.15) is 16.4 Å². The van der Waals surface area contributed by atoms with E-state index in [1.807, 2.05) is 37.7 Å². The lowest BCUT2D eigenvalue weighted by Crippen LogP contribution is -2.34. The number of hydrogen-bond donors (Lipinski definition) is 0. The van der Waals surface area contributed by atoms with E-state index in [0.29, 0.717) is 28.6 Å². The number of thioether (sulfide) groups is 1. The fourth-order valence-electron chi connectivity index (χ4n) is 4.18. The lowest BCUT2D eigenvalue weighted by atomic mass is 10.1. The zero-order chi connectivity index (χ0) is 24.1. The number of halogens is 1. The molecule has 3 aromatic rings. The maximum Gasteiger partial charge on any atom is 0.355 e. The molecule has 1 aliphatic rings. The zero-order valence-electron chi connectivity index (χ0n) is 19.7. The van der Waals surface area contributed by atoms with E-state index in [0.717, 1.165) is 26.1 Å². The Morgan fingerprint density at radius 3 is 2.50 bits per heavy atom. The van der Waals surface area contributed by atoms with Crippen LogP contribution in [0.4, 0.5) is 0 Å². The van der Waals surface area contributed by atoms with E-state index in [1.165, 1.54) is 26.3 Å². The van der Waals surface area contributed by atoms with Gasteiger partial charge in [0.05, 0.1) is 17.8 Å². The molecule has 0 radical (unpaired) electrons. The molecule has 0 bridgehead atoms. The van der Waals surface area contributed by atoms with Crippen LogP contribution in [-0.4, -0.2) is 56.2 Å². The van der Waals surface area contributed by atoms with E-state index < -0.39 is 0 Å². The van der Waals surface area contributed by atoms with Gasteiger partial charge in [-0.15, -0.1) is 5.10 Å². The number of carbonyl (C=O) groups is 1. The molecule has 180 valence electrons. The maximum atomic E-state index is 13.4. The third-order valence-corrected chi connectivity index (χ3v) is 7.08. The Bertz CT molecular complexity index is 1180. The van der Waals surface area contributed by atoms with Crippen LogP contribution in [0.25, 0.3) is 11.4 Å². The van der Waals surface area contributed by atoms with Gasteiger partial charge in [0, 0.05) is 42.6 Å². The predicted octanol–water partition coefficient (Wildman–Crippen LogP) is 4.43. The van der Waals surface area contributed by atoms with Crippen LogP contribution < -0.4 is 5.69 Å². The Morgan fingerprint density at radius 1 is 1.09 bits per heavy atom. The second kappa shape index (κ2) is 11.4. The standard InChI is InChI=1S/C26H31ClN4O2S/c1-19(2)16-24(32)18-25-28-31(26(33)30(25)23-5-3-4-21(27)17-23)22-8-6-20(7-9-22)10-11-29-12-14-34-15-13-29/h3-9,17,19H,10-16,18H2,1-2H3. The first-order valence-electron chi connectivity index (χ1n) is 11.8. The fourth-order valence-corrected chi connectivity index (χ4v) is 5.35. The smallest absolute Gasteiger partial charge is 0.301 e. The molecule has 2 aromatic carbocycles. The molecule has 8 heteroatoms. The van der Waals surface area contributed by atoms with Crippen molar-refractivity contribution < 1.29 is 4.79 Å². The van der Waals surface area contributed by atoms with Gasteiger partial charge in [-0.3, -0.25) is 4.79 Å². The van der Waals surface area contributed by atoms with Crippen LogP contribution in [0.2, 0.25) is 5.02 Å². The van der Waals surface area contributed by atoms with Gasteiger partial charge in [-0.05, 0) is 48.2 Å². The van der Waals surface area contributed by atoms with Crippen molar-refractivity contribution in [3.05, 3.63) is 75.4 Å². The van der Waals surface area contributed by atoms with E-state index in [4.69, 9.17) is 11.6 Å². The van der Waals surface area contributed by atoms with Crippen molar-refractivity contribution in [3.63, 3.8) is 0 Å². The first kappa shape index (κ1) is 24.8. The van der Waals surface area contributed by atoms with Gasteiger partial charge in [0.1, 0.15) is 11.6 Å². The summed E-state index contributed by atoms with van der Waals surface area (Å²) in [4.78, 5) is 28.5. The maximum absolute atomic E-state index is 13.4. The second-order valence-electron chi connectivity index (χ2n) is 9.11. The number of nitrogens with zero attached hydrogens (tertiary/aromatic N) is 4. The lowest BCUT2D eigenvalue weighted by molar-refractivity contribution is -0.119. The summed E-state index contributed by atoms with van der Waals surface area (Å²) in [5, 5.41) is 5.10. The highest BCUT2D eigenvalue weighted by Crippen LogP contribution is 2.17. The summed E-state index contributed by atoms with van der Waals surface area (Å²) in [7, 11) is 0. The molecule has 0 unspecified atom stereocenters. The number of ketones is 1. The average molecular weight is 499 g/mol. The van der Waals surface area contributed by atoms with Crippen molar-refractivity contribution in [2.75, 3.05) is 31.1 Å². The van der Waals surface area contributed by atoms with Crippen molar-refractivity contribution in [2.45, 2.75) is 33.1 Å². The van der Waals surface area contributed by atoms with Gasteiger partial charge in [0.15, 0.2) is 0 Å². The number of hydrogen-bond acceptors (Lipinski definition) is 5. The van der Waals surface area contributed by atoms with E-state index >= 15 is 0 Å². The fraction of sp³-hybridized carbons (Fsp3) is 0.423. The Labute approximate surface area is 209 Å². The molecule has 0 N–H and O–H groups in total. The van der Waals surface area contributed by atoms with Crippen molar-refractivity contribution in [2.24, 2.45) is 5.92 Å². The topological polar surface area (TPSA) is 60.1 Å². The van der Waals surface area contributed by atoms with Crippen LogP contribution in [-0.2, 0) is 17.6 Å². The summed E-state index contributed by atoms with van der Waals surface area (Å²) < 4.78 is 2.87. The van der Waals surface area contributed by atoms with Gasteiger partial charge in [-0.1, -0.05) is 43.6 Å². The van der Waals surface area contributed by atoms with E-state index in [1.54, 1.807) is 24.3 Å². The summed E-state index contributed by atoms with van der Waals surface area (Å²) in [6, 6.07) is 15.0. The third-order valence-electron chi connectivity index (χ3n) is 5.90. The van der Waals surface area contributed by atoms with Crippen LogP contribution in [0, 0.1) is 5.92 Å². The van der Waals surface area contributed by atoms with Gasteiger partial charge < -0.3 is 4.90 Å². The van der Waals surface area contributed by atoms with Gasteiger partial charge in [-0.25, -0.2) is 9.36 Å². The summed E-state index contributed by atoms with van der Waals surface area (Å²) >= 11 is 8.21. The van der Waals surface area contributed by atoms with E-state index in [-0.39, 0.29) is 23.8 Å². The number of aromatic nitrogens is 3. The normalized spacial score (nSPS) is 14.6. The molecule has 1 saturated heterocycles. The molecule has 1 aromatic heterocycles. The van der Waals surface area contributed by atoms with Crippen molar-refractivity contribution in [1.29, 1.82) is 0 Å². The second-order valence-corrected chi connectivity index (χ2v) is 10.8. The van der Waals surface area contributed by atoms with E-state index in [9.17, 15) is 9.59 Å². The molecule has 6 nitrogen and oxygen atoms in total. The highest BCUT2D eigenvalue weighted by molar-refractivity contribution is 7.99. The number of rotatable bonds is 9. The summed E-state index contributed by atoms with van der Waals surface area (Å²) in [5.74, 6) is 3.14. The van der Waals surface area contributed by atoms with Crippen LogP contribution in [0.5, 0.6) is 0 Å². The third kappa shape index (κ3) is 6.20. The molecule has 0 saturated carbocycles. The van der Waals surface area contributed by atoms with Crippen molar-refractivity contribution in [1.82, 2.24) is 19.2 Å². The van der Waals surface area contributed by atoms with Crippen LogP contribution in [0.3, 0.4) is 0 Å². The number of Topliss-reactive ketones (excluding diaryl/α,β-unsaturated/α-hetero) is 1. The molecule has 0 aliphatic carbocycles. The Morgan fingerprint density at radius 2 is 1.82 bits per heavy atom. The SMILES string of the molecule is CC(C)CC(=O)Cc1nn(-c2ccc(CCN3CCSCC3)cc2)c(=O)n1-c1cccc(Cl)c1. The van der Waals surface area contributed by atoms with E-state index in [2.05, 4.69) is 22.1 Å². The molecule has 34 heavy (non-hydrogen) atoms.